The fourth-order valence-electron chi connectivity index (χ4n) is 1.08. The summed E-state index contributed by atoms with van der Waals surface area (Å²) in [4.78, 5) is 4.08. The minimum absolute atomic E-state index is 0.539. The highest BCUT2D eigenvalue weighted by molar-refractivity contribution is 9.10. The number of hydrogen-bond acceptors (Lipinski definition) is 3. The molecule has 0 aliphatic heterocycles. The van der Waals surface area contributed by atoms with Gasteiger partial charge in [-0.25, -0.2) is 4.98 Å². The van der Waals surface area contributed by atoms with Crippen LogP contribution in [0, 0.1) is 0 Å². The fourth-order valence-corrected chi connectivity index (χ4v) is 2.15. The van der Waals surface area contributed by atoms with E-state index in [1.54, 1.807) is 6.20 Å². The van der Waals surface area contributed by atoms with Gasteiger partial charge in [-0.3, -0.25) is 0 Å². The maximum atomic E-state index is 5.15. The zero-order valence-corrected chi connectivity index (χ0v) is 11.3. The van der Waals surface area contributed by atoms with Gasteiger partial charge >= 0.3 is 0 Å². The Bertz CT molecular complexity index is 467. The maximum absolute atomic E-state index is 5.15. The first-order valence-corrected chi connectivity index (χ1v) is 6.55. The van der Waals surface area contributed by atoms with Crippen molar-refractivity contribution < 1.29 is 0 Å². The van der Waals surface area contributed by atoms with E-state index in [1.165, 1.54) is 11.3 Å². The van der Waals surface area contributed by atoms with Gasteiger partial charge in [-0.05, 0) is 36.5 Å². The highest BCUT2D eigenvalue weighted by Crippen LogP contribution is 2.15. The van der Waals surface area contributed by atoms with E-state index in [4.69, 9.17) is 12.2 Å². The number of nitrogens with one attached hydrogen (secondary N) is 2. The van der Waals surface area contributed by atoms with Crippen LogP contribution in [0.5, 0.6) is 0 Å². The van der Waals surface area contributed by atoms with Crippen LogP contribution >= 0.6 is 39.5 Å². The Morgan fingerprint density at radius 1 is 1.25 bits per heavy atom. The summed E-state index contributed by atoms with van der Waals surface area (Å²) in [6, 6.07) is 7.79. The summed E-state index contributed by atoms with van der Waals surface area (Å²) in [5.41, 5.74) is 0.942. The largest absolute Gasteiger partial charge is 0.332 e. The molecule has 82 valence electrons. The number of halogens is 1. The minimum Gasteiger partial charge on any atom is -0.332 e. The Balaban J connectivity index is 1.95. The Labute approximate surface area is 111 Å². The van der Waals surface area contributed by atoms with E-state index in [0.29, 0.717) is 5.11 Å². The quantitative estimate of drug-likeness (QED) is 0.829. The molecule has 0 spiro atoms. The van der Waals surface area contributed by atoms with Gasteiger partial charge in [-0.2, -0.15) is 0 Å². The first-order valence-electron chi connectivity index (χ1n) is 4.47. The number of hydrogen-bond donors (Lipinski definition) is 2. The monoisotopic (exact) mass is 313 g/mol. The number of anilines is 2. The van der Waals surface area contributed by atoms with Crippen LogP contribution in [-0.2, 0) is 0 Å². The van der Waals surface area contributed by atoms with Crippen molar-refractivity contribution in [2.45, 2.75) is 0 Å². The van der Waals surface area contributed by atoms with Crippen molar-refractivity contribution in [3.8, 4) is 0 Å². The van der Waals surface area contributed by atoms with Gasteiger partial charge < -0.3 is 10.6 Å². The average Bonchev–Trinajstić information content (AvgIpc) is 2.74. The fraction of sp³-hybridized carbons (Fsp3) is 0. The number of rotatable bonds is 2. The third-order valence-corrected chi connectivity index (χ3v) is 3.18. The molecule has 0 aliphatic carbocycles. The standard InChI is InChI=1S/C10H8BrN3S2/c11-7-1-3-8(4-2-7)13-9(15)14-10-12-5-6-16-10/h1-6H,(H2,12,13,14,15). The summed E-state index contributed by atoms with van der Waals surface area (Å²) in [6.45, 7) is 0. The molecule has 0 radical (unpaired) electrons. The van der Waals surface area contributed by atoms with Crippen LogP contribution in [0.4, 0.5) is 10.8 Å². The summed E-state index contributed by atoms with van der Waals surface area (Å²) in [7, 11) is 0. The molecule has 3 nitrogen and oxygen atoms in total. The second kappa shape index (κ2) is 5.38. The van der Waals surface area contributed by atoms with Crippen LogP contribution in [0.3, 0.4) is 0 Å². The zero-order valence-electron chi connectivity index (χ0n) is 8.11. The molecule has 6 heteroatoms. The summed E-state index contributed by atoms with van der Waals surface area (Å²) in [6.07, 6.45) is 1.73. The molecule has 1 heterocycles. The van der Waals surface area contributed by atoms with E-state index >= 15 is 0 Å². The van der Waals surface area contributed by atoms with Gasteiger partial charge in [0, 0.05) is 21.7 Å². The molecule has 16 heavy (non-hydrogen) atoms. The molecule has 0 unspecified atom stereocenters. The van der Waals surface area contributed by atoms with E-state index in [0.717, 1.165) is 15.3 Å². The highest BCUT2D eigenvalue weighted by Gasteiger charge is 1.99. The lowest BCUT2D eigenvalue weighted by atomic mass is 10.3. The number of aromatic nitrogens is 1. The summed E-state index contributed by atoms with van der Waals surface area (Å²) >= 11 is 10.0. The van der Waals surface area contributed by atoms with Crippen LogP contribution in [0.1, 0.15) is 0 Å². The third-order valence-electron chi connectivity index (χ3n) is 1.75. The number of thiazole rings is 1. The topological polar surface area (TPSA) is 37.0 Å². The maximum Gasteiger partial charge on any atom is 0.188 e. The van der Waals surface area contributed by atoms with E-state index in [1.807, 2.05) is 29.6 Å². The van der Waals surface area contributed by atoms with Gasteiger partial charge in [-0.1, -0.05) is 15.9 Å². The van der Waals surface area contributed by atoms with Crippen LogP contribution < -0.4 is 10.6 Å². The lowest BCUT2D eigenvalue weighted by Gasteiger charge is -2.07. The molecule has 1 aromatic heterocycles. The van der Waals surface area contributed by atoms with Crippen LogP contribution in [-0.4, -0.2) is 10.1 Å². The summed E-state index contributed by atoms with van der Waals surface area (Å²) in [5.74, 6) is 0. The van der Waals surface area contributed by atoms with Crippen molar-refractivity contribution in [1.82, 2.24) is 4.98 Å². The van der Waals surface area contributed by atoms with Crippen molar-refractivity contribution >= 4 is 55.4 Å². The molecule has 0 saturated heterocycles. The minimum atomic E-state index is 0.539. The zero-order chi connectivity index (χ0) is 11.4. The number of benzene rings is 1. The first-order chi connectivity index (χ1) is 7.74. The van der Waals surface area contributed by atoms with Gasteiger partial charge in [-0.15, -0.1) is 11.3 Å². The van der Waals surface area contributed by atoms with Crippen molar-refractivity contribution in [2.24, 2.45) is 0 Å². The Morgan fingerprint density at radius 2 is 2.00 bits per heavy atom. The van der Waals surface area contributed by atoms with Gasteiger partial charge in [0.15, 0.2) is 10.2 Å². The molecule has 0 saturated carbocycles. The van der Waals surface area contributed by atoms with E-state index in [9.17, 15) is 0 Å². The molecule has 2 aromatic rings. The van der Waals surface area contributed by atoms with Crippen molar-refractivity contribution in [2.75, 3.05) is 10.6 Å². The molecular formula is C10H8BrN3S2. The van der Waals surface area contributed by atoms with Crippen LogP contribution in [0.15, 0.2) is 40.3 Å². The van der Waals surface area contributed by atoms with E-state index in [-0.39, 0.29) is 0 Å². The average molecular weight is 314 g/mol. The van der Waals surface area contributed by atoms with E-state index in [2.05, 4.69) is 31.5 Å². The van der Waals surface area contributed by atoms with Gasteiger partial charge in [0.2, 0.25) is 0 Å². The Hall–Kier alpha value is -0.980. The Kier molecular flexibility index (Phi) is 3.87. The molecule has 0 atom stereocenters. The lowest BCUT2D eigenvalue weighted by Crippen LogP contribution is -2.18. The second-order valence-electron chi connectivity index (χ2n) is 2.92. The SMILES string of the molecule is S=C(Nc1ccc(Br)cc1)Nc1nccs1. The normalized spacial score (nSPS) is 9.81. The molecule has 0 bridgehead atoms. The lowest BCUT2D eigenvalue weighted by molar-refractivity contribution is 1.41. The third kappa shape index (κ3) is 3.26. The first kappa shape index (κ1) is 11.5. The van der Waals surface area contributed by atoms with Gasteiger partial charge in [0.1, 0.15) is 0 Å². The van der Waals surface area contributed by atoms with Crippen molar-refractivity contribution in [3.63, 3.8) is 0 Å². The molecule has 2 N–H and O–H groups in total. The van der Waals surface area contributed by atoms with Crippen LogP contribution in [0.25, 0.3) is 0 Å². The number of nitrogens with zero attached hydrogens (tertiary/aromatic N) is 1. The predicted molar refractivity (Wildman–Crippen MR) is 76.1 cm³/mol. The van der Waals surface area contributed by atoms with Gasteiger partial charge in [0.25, 0.3) is 0 Å². The molecule has 0 fully saturated rings. The molecule has 0 aliphatic rings. The van der Waals surface area contributed by atoms with Gasteiger partial charge in [0.05, 0.1) is 0 Å². The highest BCUT2D eigenvalue weighted by atomic mass is 79.9. The summed E-state index contributed by atoms with van der Waals surface area (Å²) < 4.78 is 1.04. The van der Waals surface area contributed by atoms with Crippen molar-refractivity contribution in [1.29, 1.82) is 0 Å². The number of thiocarbonyl (C=S) groups is 1. The van der Waals surface area contributed by atoms with Crippen LogP contribution in [0.2, 0.25) is 0 Å². The molecular weight excluding hydrogens is 306 g/mol. The smallest absolute Gasteiger partial charge is 0.188 e. The van der Waals surface area contributed by atoms with E-state index < -0.39 is 0 Å². The summed E-state index contributed by atoms with van der Waals surface area (Å²) in [5, 5.41) is 9.29. The molecule has 1 aromatic carbocycles. The Morgan fingerprint density at radius 3 is 2.62 bits per heavy atom. The molecule has 2 rings (SSSR count). The molecule has 0 amide bonds. The predicted octanol–water partition coefficient (Wildman–Crippen LogP) is 3.71. The van der Waals surface area contributed by atoms with Crippen molar-refractivity contribution in [3.05, 3.63) is 40.3 Å². The second-order valence-corrected chi connectivity index (χ2v) is 5.14.